The Morgan fingerprint density at radius 1 is 1.10 bits per heavy atom. The van der Waals surface area contributed by atoms with Crippen LogP contribution in [0.15, 0.2) is 29.1 Å². The second-order valence-corrected chi connectivity index (χ2v) is 7.12. The molecule has 7 nitrogen and oxygen atoms in total. The van der Waals surface area contributed by atoms with Gasteiger partial charge in [0, 0.05) is 25.7 Å². The summed E-state index contributed by atoms with van der Waals surface area (Å²) >= 11 is 0. The first-order chi connectivity index (χ1) is 14.7. The monoisotopic (exact) mass is 444 g/mol. The van der Waals surface area contributed by atoms with Gasteiger partial charge >= 0.3 is 6.18 Å². The van der Waals surface area contributed by atoms with Gasteiger partial charge in [0.25, 0.3) is 11.5 Å². The molecule has 12 heteroatoms. The van der Waals surface area contributed by atoms with Gasteiger partial charge in [0.15, 0.2) is 0 Å². The van der Waals surface area contributed by atoms with Crippen LogP contribution in [-0.2, 0) is 11.3 Å². The topological polar surface area (TPSA) is 67.7 Å². The van der Waals surface area contributed by atoms with Crippen molar-refractivity contribution in [3.05, 3.63) is 51.8 Å². The highest BCUT2D eigenvalue weighted by Gasteiger charge is 2.50. The number of anilines is 2. The lowest BCUT2D eigenvalue weighted by molar-refractivity contribution is -0.151. The molecule has 0 spiro atoms. The van der Waals surface area contributed by atoms with E-state index in [0.29, 0.717) is 26.3 Å². The van der Waals surface area contributed by atoms with Crippen molar-refractivity contribution in [1.82, 2.24) is 9.55 Å². The molecule has 1 atom stereocenters. The zero-order chi connectivity index (χ0) is 22.3. The highest BCUT2D eigenvalue weighted by molar-refractivity contribution is 6.06. The van der Waals surface area contributed by atoms with Crippen LogP contribution >= 0.6 is 0 Å². The molecule has 166 valence electrons. The van der Waals surface area contributed by atoms with Crippen molar-refractivity contribution in [1.29, 1.82) is 0 Å². The molecule has 0 N–H and O–H groups in total. The highest BCUT2D eigenvalue weighted by Crippen LogP contribution is 2.36. The van der Waals surface area contributed by atoms with Gasteiger partial charge in [0.05, 0.1) is 13.2 Å². The van der Waals surface area contributed by atoms with Crippen LogP contribution < -0.4 is 15.4 Å². The van der Waals surface area contributed by atoms with Gasteiger partial charge < -0.3 is 9.64 Å². The lowest BCUT2D eigenvalue weighted by atomic mass is 10.1. The second-order valence-electron chi connectivity index (χ2n) is 7.12. The Bertz CT molecular complexity index is 1050. The summed E-state index contributed by atoms with van der Waals surface area (Å²) in [6.07, 6.45) is -5.56. The summed E-state index contributed by atoms with van der Waals surface area (Å²) < 4.78 is 76.0. The fraction of sp³-hybridized carbons (Fsp3) is 0.421. The van der Waals surface area contributed by atoms with Crippen LogP contribution in [-0.4, -0.2) is 54.0 Å². The SMILES string of the molecule is O=C(c1c(F)cccc1F)N1c2nc(N3CCOCC3)cc(=O)n2CC[C@H]1C(F)(F)F. The van der Waals surface area contributed by atoms with Crippen LogP contribution in [0.4, 0.5) is 33.7 Å². The molecule has 2 aliphatic rings. The number of ether oxygens (including phenoxy) is 1. The van der Waals surface area contributed by atoms with Gasteiger partial charge in [0.1, 0.15) is 29.1 Å². The third kappa shape index (κ3) is 3.87. The van der Waals surface area contributed by atoms with E-state index < -0.39 is 53.3 Å². The Labute approximate surface area is 172 Å². The lowest BCUT2D eigenvalue weighted by Crippen LogP contribution is -2.55. The Morgan fingerprint density at radius 2 is 1.74 bits per heavy atom. The van der Waals surface area contributed by atoms with Crippen LogP contribution in [0.3, 0.4) is 0 Å². The third-order valence-electron chi connectivity index (χ3n) is 5.24. The molecule has 1 aromatic carbocycles. The van der Waals surface area contributed by atoms with Crippen molar-refractivity contribution < 1.29 is 31.5 Å². The summed E-state index contributed by atoms with van der Waals surface area (Å²) in [5.41, 5.74) is -1.81. The summed E-state index contributed by atoms with van der Waals surface area (Å²) in [5.74, 6) is -4.72. The smallest absolute Gasteiger partial charge is 0.378 e. The van der Waals surface area contributed by atoms with Crippen molar-refractivity contribution in [2.45, 2.75) is 25.2 Å². The molecule has 4 rings (SSSR count). The highest BCUT2D eigenvalue weighted by atomic mass is 19.4. The van der Waals surface area contributed by atoms with Gasteiger partial charge in [-0.3, -0.25) is 19.1 Å². The fourth-order valence-electron chi connectivity index (χ4n) is 3.72. The number of benzene rings is 1. The average Bonchev–Trinajstić information content (AvgIpc) is 2.72. The molecule has 0 unspecified atom stereocenters. The molecule has 0 aliphatic carbocycles. The average molecular weight is 444 g/mol. The van der Waals surface area contributed by atoms with E-state index in [0.717, 1.165) is 28.8 Å². The minimum Gasteiger partial charge on any atom is -0.378 e. The molecular weight excluding hydrogens is 427 g/mol. The van der Waals surface area contributed by atoms with Crippen LogP contribution in [0.2, 0.25) is 0 Å². The number of amides is 1. The van der Waals surface area contributed by atoms with Gasteiger partial charge in [-0.15, -0.1) is 0 Å². The zero-order valence-electron chi connectivity index (χ0n) is 16.0. The predicted molar refractivity (Wildman–Crippen MR) is 99.2 cm³/mol. The van der Waals surface area contributed by atoms with Crippen molar-refractivity contribution in [3.63, 3.8) is 0 Å². The van der Waals surface area contributed by atoms with E-state index in [1.807, 2.05) is 0 Å². The number of morpholine rings is 1. The maximum atomic E-state index is 14.2. The van der Waals surface area contributed by atoms with Gasteiger partial charge in [-0.05, 0) is 18.6 Å². The molecule has 0 bridgehead atoms. The van der Waals surface area contributed by atoms with Crippen molar-refractivity contribution in [2.75, 3.05) is 36.1 Å². The maximum Gasteiger partial charge on any atom is 0.409 e. The van der Waals surface area contributed by atoms with Crippen molar-refractivity contribution >= 4 is 17.7 Å². The van der Waals surface area contributed by atoms with E-state index in [-0.39, 0.29) is 17.3 Å². The number of nitrogens with zero attached hydrogens (tertiary/aromatic N) is 4. The normalized spacial score (nSPS) is 19.3. The summed E-state index contributed by atoms with van der Waals surface area (Å²) in [7, 11) is 0. The van der Waals surface area contributed by atoms with Crippen LogP contribution in [0.25, 0.3) is 0 Å². The molecule has 0 radical (unpaired) electrons. The maximum absolute atomic E-state index is 14.2. The largest absolute Gasteiger partial charge is 0.409 e. The number of aromatic nitrogens is 2. The Morgan fingerprint density at radius 3 is 2.35 bits per heavy atom. The Kier molecular flexibility index (Phi) is 5.42. The van der Waals surface area contributed by atoms with E-state index in [4.69, 9.17) is 4.74 Å². The zero-order valence-corrected chi connectivity index (χ0v) is 16.0. The third-order valence-corrected chi connectivity index (χ3v) is 5.24. The summed E-state index contributed by atoms with van der Waals surface area (Å²) in [6.45, 7) is 0.990. The quantitative estimate of drug-likeness (QED) is 0.666. The minimum atomic E-state index is -4.91. The first-order valence-electron chi connectivity index (χ1n) is 9.47. The molecule has 2 aliphatic heterocycles. The number of fused-ring (bicyclic) bond motifs is 1. The number of hydrogen-bond acceptors (Lipinski definition) is 5. The molecule has 3 heterocycles. The van der Waals surface area contributed by atoms with Crippen LogP contribution in [0.1, 0.15) is 16.8 Å². The summed E-state index contributed by atoms with van der Waals surface area (Å²) in [4.78, 5) is 31.6. The van der Waals surface area contributed by atoms with E-state index in [9.17, 15) is 31.5 Å². The molecule has 1 amide bonds. The van der Waals surface area contributed by atoms with Gasteiger partial charge in [-0.1, -0.05) is 6.07 Å². The summed E-state index contributed by atoms with van der Waals surface area (Å²) in [6, 6.07) is 1.30. The molecule has 1 fully saturated rings. The lowest BCUT2D eigenvalue weighted by Gasteiger charge is -2.38. The van der Waals surface area contributed by atoms with E-state index in [2.05, 4.69) is 4.98 Å². The molecule has 1 saturated heterocycles. The number of hydrogen-bond donors (Lipinski definition) is 0. The van der Waals surface area contributed by atoms with E-state index in [1.165, 1.54) is 0 Å². The van der Waals surface area contributed by atoms with Crippen molar-refractivity contribution in [3.8, 4) is 0 Å². The fourth-order valence-corrected chi connectivity index (χ4v) is 3.72. The number of halogens is 5. The van der Waals surface area contributed by atoms with Crippen molar-refractivity contribution in [2.24, 2.45) is 0 Å². The Hall–Kier alpha value is -3.02. The first kappa shape index (κ1) is 21.2. The molecule has 0 saturated carbocycles. The molecule has 31 heavy (non-hydrogen) atoms. The number of rotatable bonds is 2. The van der Waals surface area contributed by atoms with E-state index in [1.54, 1.807) is 4.90 Å². The minimum absolute atomic E-state index is 0.0641. The second kappa shape index (κ2) is 7.91. The van der Waals surface area contributed by atoms with Gasteiger partial charge in [-0.2, -0.15) is 18.2 Å². The van der Waals surface area contributed by atoms with Gasteiger partial charge in [-0.25, -0.2) is 8.78 Å². The standard InChI is InChI=1S/C19H17F5N4O3/c20-11-2-1-3-12(21)16(11)17(30)28-13(19(22,23)24)4-5-27-15(29)10-14(25-18(27)28)26-6-8-31-9-7-26/h1-3,10,13H,4-9H2/t13-/m0/s1. The van der Waals surface area contributed by atoms with Crippen LogP contribution in [0, 0.1) is 11.6 Å². The summed E-state index contributed by atoms with van der Waals surface area (Å²) in [5, 5.41) is 0. The predicted octanol–water partition coefficient (Wildman–Crippen LogP) is 2.34. The molecular formula is C19H17F5N4O3. The molecule has 2 aromatic rings. The number of carbonyl (C=O) groups is 1. The van der Waals surface area contributed by atoms with Crippen LogP contribution in [0.5, 0.6) is 0 Å². The number of alkyl halides is 3. The molecule has 1 aromatic heterocycles. The first-order valence-corrected chi connectivity index (χ1v) is 9.47. The number of carbonyl (C=O) groups excluding carboxylic acids is 1. The van der Waals surface area contributed by atoms with E-state index >= 15 is 0 Å². The Balaban J connectivity index is 1.88. The van der Waals surface area contributed by atoms with Gasteiger partial charge in [0.2, 0.25) is 5.95 Å².